The summed E-state index contributed by atoms with van der Waals surface area (Å²) in [4.78, 5) is 13.9. The minimum Gasteiger partial charge on any atom is -0.296 e. The minimum absolute atomic E-state index is 0.234. The van der Waals surface area contributed by atoms with Crippen LogP contribution in [0.1, 0.15) is 35.2 Å². The molecule has 4 heteroatoms. The molecule has 0 spiro atoms. The molecule has 4 nitrogen and oxygen atoms in total. The minimum atomic E-state index is -0.234. The largest absolute Gasteiger partial charge is 0.296 e. The number of amides is 1. The van der Waals surface area contributed by atoms with Gasteiger partial charge in [-0.05, 0) is 42.9 Å². The van der Waals surface area contributed by atoms with E-state index in [-0.39, 0.29) is 5.91 Å². The number of hydrogen-bond acceptors (Lipinski definition) is 3. The maximum absolute atomic E-state index is 11.3. The number of rotatable bonds is 3. The van der Waals surface area contributed by atoms with E-state index >= 15 is 0 Å². The van der Waals surface area contributed by atoms with E-state index in [1.807, 2.05) is 24.3 Å². The summed E-state index contributed by atoms with van der Waals surface area (Å²) in [5.41, 5.74) is 4.04. The van der Waals surface area contributed by atoms with E-state index in [1.165, 1.54) is 31.4 Å². The molecule has 1 saturated carbocycles. The van der Waals surface area contributed by atoms with Crippen molar-refractivity contribution in [3.05, 3.63) is 35.4 Å². The molecule has 1 aliphatic heterocycles. The predicted octanol–water partition coefficient (Wildman–Crippen LogP) is 1.27. The number of fused-ring (bicyclic) bond motifs is 2. The van der Waals surface area contributed by atoms with Crippen LogP contribution in [0, 0.1) is 5.92 Å². The van der Waals surface area contributed by atoms with Gasteiger partial charge in [0.1, 0.15) is 0 Å². The van der Waals surface area contributed by atoms with Gasteiger partial charge in [0, 0.05) is 24.7 Å². The predicted molar refractivity (Wildman–Crippen MR) is 69.6 cm³/mol. The molecule has 1 saturated heterocycles. The van der Waals surface area contributed by atoms with Crippen molar-refractivity contribution >= 4 is 5.91 Å². The van der Waals surface area contributed by atoms with Gasteiger partial charge in [0.25, 0.3) is 5.91 Å². The van der Waals surface area contributed by atoms with Gasteiger partial charge in [0.15, 0.2) is 0 Å². The van der Waals surface area contributed by atoms with Crippen LogP contribution in [0.2, 0.25) is 0 Å². The fourth-order valence-electron chi connectivity index (χ4n) is 3.30. The number of hydrazine groups is 1. The van der Waals surface area contributed by atoms with Crippen LogP contribution in [0.4, 0.5) is 0 Å². The number of carbonyl (C=O) groups is 1. The number of nitrogen functional groups attached to an aromatic ring is 1. The second kappa shape index (κ2) is 4.71. The summed E-state index contributed by atoms with van der Waals surface area (Å²) >= 11 is 0. The van der Waals surface area contributed by atoms with Crippen molar-refractivity contribution in [3.8, 4) is 0 Å². The highest BCUT2D eigenvalue weighted by Gasteiger charge is 2.37. The molecule has 1 amide bonds. The Kier molecular flexibility index (Phi) is 3.06. The molecule has 1 aromatic carbocycles. The Balaban J connectivity index is 1.65. The van der Waals surface area contributed by atoms with Crippen LogP contribution in [0.25, 0.3) is 0 Å². The number of likely N-dealkylation sites (tertiary alicyclic amines) is 1. The highest BCUT2D eigenvalue weighted by atomic mass is 16.2. The van der Waals surface area contributed by atoms with Crippen LogP contribution < -0.4 is 11.3 Å². The second-order valence-corrected chi connectivity index (χ2v) is 5.43. The molecule has 2 aliphatic rings. The van der Waals surface area contributed by atoms with Gasteiger partial charge in [-0.1, -0.05) is 12.1 Å². The number of nitrogens with one attached hydrogen (secondary N) is 1. The Morgan fingerprint density at radius 3 is 2.67 bits per heavy atom. The Bertz CT molecular complexity index is 443. The smallest absolute Gasteiger partial charge is 0.265 e. The molecule has 1 aliphatic carbocycles. The van der Waals surface area contributed by atoms with E-state index in [9.17, 15) is 4.79 Å². The fraction of sp³-hybridized carbons (Fsp3) is 0.500. The monoisotopic (exact) mass is 245 g/mol. The average Bonchev–Trinajstić information content (AvgIpc) is 3.01. The van der Waals surface area contributed by atoms with E-state index < -0.39 is 0 Å². The SMILES string of the molecule is NNC(=O)c1ccc(CN2CC3CCC2C3)cc1. The Hall–Kier alpha value is -1.39. The number of nitrogens with two attached hydrogens (primary N) is 1. The number of nitrogens with zero attached hydrogens (tertiary/aromatic N) is 1. The van der Waals surface area contributed by atoms with Crippen molar-refractivity contribution in [3.63, 3.8) is 0 Å². The lowest BCUT2D eigenvalue weighted by atomic mass is 10.1. The molecule has 0 radical (unpaired) electrons. The molecule has 96 valence electrons. The molecule has 0 aromatic heterocycles. The lowest BCUT2D eigenvalue weighted by Crippen LogP contribution is -2.31. The summed E-state index contributed by atoms with van der Waals surface area (Å²) in [5, 5.41) is 0. The van der Waals surface area contributed by atoms with Crippen molar-refractivity contribution in [2.24, 2.45) is 11.8 Å². The maximum Gasteiger partial charge on any atom is 0.265 e. The molecular formula is C14H19N3O. The van der Waals surface area contributed by atoms with Crippen LogP contribution in [-0.2, 0) is 6.54 Å². The van der Waals surface area contributed by atoms with Crippen molar-refractivity contribution in [1.82, 2.24) is 10.3 Å². The van der Waals surface area contributed by atoms with Crippen LogP contribution in [-0.4, -0.2) is 23.4 Å². The Labute approximate surface area is 107 Å². The van der Waals surface area contributed by atoms with Gasteiger partial charge in [0.2, 0.25) is 0 Å². The van der Waals surface area contributed by atoms with Crippen molar-refractivity contribution in [1.29, 1.82) is 0 Å². The van der Waals surface area contributed by atoms with Gasteiger partial charge in [-0.2, -0.15) is 0 Å². The van der Waals surface area contributed by atoms with Crippen LogP contribution in [0.3, 0.4) is 0 Å². The van der Waals surface area contributed by atoms with E-state index in [0.717, 1.165) is 18.5 Å². The molecule has 18 heavy (non-hydrogen) atoms. The van der Waals surface area contributed by atoms with E-state index in [4.69, 9.17) is 5.84 Å². The lowest BCUT2D eigenvalue weighted by Gasteiger charge is -2.26. The average molecular weight is 245 g/mol. The van der Waals surface area contributed by atoms with Crippen LogP contribution >= 0.6 is 0 Å². The van der Waals surface area contributed by atoms with Gasteiger partial charge in [-0.25, -0.2) is 5.84 Å². The number of carbonyl (C=O) groups excluding carboxylic acids is 1. The van der Waals surface area contributed by atoms with Gasteiger partial charge in [-0.3, -0.25) is 15.1 Å². The zero-order chi connectivity index (χ0) is 12.5. The molecule has 2 unspecified atom stereocenters. The molecule has 1 heterocycles. The third kappa shape index (κ3) is 2.13. The third-order valence-corrected chi connectivity index (χ3v) is 4.26. The number of benzene rings is 1. The van der Waals surface area contributed by atoms with Crippen LogP contribution in [0.15, 0.2) is 24.3 Å². The normalized spacial score (nSPS) is 26.5. The van der Waals surface area contributed by atoms with Gasteiger partial charge >= 0.3 is 0 Å². The molecular weight excluding hydrogens is 226 g/mol. The zero-order valence-corrected chi connectivity index (χ0v) is 10.4. The first-order valence-electron chi connectivity index (χ1n) is 6.60. The summed E-state index contributed by atoms with van der Waals surface area (Å²) in [6, 6.07) is 8.52. The van der Waals surface area contributed by atoms with Crippen molar-refractivity contribution in [2.75, 3.05) is 6.54 Å². The Morgan fingerprint density at radius 1 is 1.33 bits per heavy atom. The second-order valence-electron chi connectivity index (χ2n) is 5.43. The third-order valence-electron chi connectivity index (χ3n) is 4.26. The van der Waals surface area contributed by atoms with E-state index in [2.05, 4.69) is 10.3 Å². The van der Waals surface area contributed by atoms with E-state index in [1.54, 1.807) is 0 Å². The molecule has 1 aromatic rings. The van der Waals surface area contributed by atoms with E-state index in [0.29, 0.717) is 5.56 Å². The topological polar surface area (TPSA) is 58.4 Å². The highest BCUT2D eigenvalue weighted by Crippen LogP contribution is 2.37. The zero-order valence-electron chi connectivity index (χ0n) is 10.4. The summed E-state index contributed by atoms with van der Waals surface area (Å²) in [6.45, 7) is 2.25. The molecule has 3 N–H and O–H groups in total. The van der Waals surface area contributed by atoms with Gasteiger partial charge in [-0.15, -0.1) is 0 Å². The number of piperidine rings is 1. The first kappa shape index (κ1) is 11.7. The van der Waals surface area contributed by atoms with Crippen LogP contribution in [0.5, 0.6) is 0 Å². The van der Waals surface area contributed by atoms with Gasteiger partial charge < -0.3 is 0 Å². The lowest BCUT2D eigenvalue weighted by molar-refractivity contribution is 0.0953. The standard InChI is InChI=1S/C14H19N3O/c15-16-14(18)12-4-1-10(2-5-12)8-17-9-11-3-6-13(17)7-11/h1-2,4-5,11,13H,3,6-9,15H2,(H,16,18). The number of hydrogen-bond donors (Lipinski definition) is 2. The summed E-state index contributed by atoms with van der Waals surface area (Å²) in [7, 11) is 0. The summed E-state index contributed by atoms with van der Waals surface area (Å²) in [6.07, 6.45) is 4.16. The molecule has 2 atom stereocenters. The molecule has 2 fully saturated rings. The van der Waals surface area contributed by atoms with Crippen molar-refractivity contribution < 1.29 is 4.79 Å². The molecule has 2 bridgehead atoms. The maximum atomic E-state index is 11.3. The summed E-state index contributed by atoms with van der Waals surface area (Å²) in [5.74, 6) is 5.80. The molecule has 3 rings (SSSR count). The summed E-state index contributed by atoms with van der Waals surface area (Å²) < 4.78 is 0. The Morgan fingerprint density at radius 2 is 2.11 bits per heavy atom. The first-order chi connectivity index (χ1) is 8.76. The quantitative estimate of drug-likeness (QED) is 0.479. The first-order valence-corrected chi connectivity index (χ1v) is 6.60. The van der Waals surface area contributed by atoms with Gasteiger partial charge in [0.05, 0.1) is 0 Å². The fourth-order valence-corrected chi connectivity index (χ4v) is 3.30. The van der Waals surface area contributed by atoms with Crippen molar-refractivity contribution in [2.45, 2.75) is 31.8 Å². The highest BCUT2D eigenvalue weighted by molar-refractivity contribution is 5.93.